The first kappa shape index (κ1) is 11.1. The number of aromatic nitrogens is 3. The minimum absolute atomic E-state index is 0.171. The van der Waals surface area contributed by atoms with E-state index >= 15 is 0 Å². The van der Waals surface area contributed by atoms with E-state index in [1.165, 1.54) is 0 Å². The van der Waals surface area contributed by atoms with Crippen molar-refractivity contribution in [3.63, 3.8) is 0 Å². The van der Waals surface area contributed by atoms with Gasteiger partial charge in [-0.25, -0.2) is 9.97 Å². The van der Waals surface area contributed by atoms with Crippen LogP contribution in [0.25, 0.3) is 32.9 Å². The molecule has 0 spiro atoms. The Bertz CT molecular complexity index is 937. The van der Waals surface area contributed by atoms with Crippen LogP contribution in [-0.2, 0) is 0 Å². The van der Waals surface area contributed by atoms with Crippen molar-refractivity contribution in [2.75, 3.05) is 0 Å². The van der Waals surface area contributed by atoms with E-state index in [2.05, 4.69) is 15.0 Å². The molecule has 3 aromatic heterocycles. The van der Waals surface area contributed by atoms with E-state index in [1.54, 1.807) is 17.5 Å². The van der Waals surface area contributed by atoms with Gasteiger partial charge in [0.15, 0.2) is 0 Å². The van der Waals surface area contributed by atoms with E-state index in [-0.39, 0.29) is 6.17 Å². The lowest BCUT2D eigenvalue weighted by atomic mass is 10.1. The summed E-state index contributed by atoms with van der Waals surface area (Å²) in [6, 6.07) is 15.5. The molecule has 4 rings (SSSR count). The number of hydrogen-bond acceptors (Lipinski definition) is 4. The second kappa shape index (κ2) is 5.07. The zero-order chi connectivity index (χ0) is 14.9. The van der Waals surface area contributed by atoms with Gasteiger partial charge in [0.1, 0.15) is 11.2 Å². The smallest absolute Gasteiger partial charge is 0.116 e. The minimum Gasteiger partial charge on any atom is -0.253 e. The van der Waals surface area contributed by atoms with E-state index in [4.69, 9.17) is 1.37 Å². The first-order valence-corrected chi connectivity index (χ1v) is 7.43. The van der Waals surface area contributed by atoms with Crippen molar-refractivity contribution in [2.45, 2.75) is 0 Å². The Morgan fingerprint density at radius 3 is 2.67 bits per heavy atom. The molecule has 3 nitrogen and oxygen atoms in total. The first-order valence-electron chi connectivity index (χ1n) is 7.05. The fraction of sp³-hybridized carbons (Fsp3) is 0. The largest absolute Gasteiger partial charge is 0.253 e. The van der Waals surface area contributed by atoms with Gasteiger partial charge in [-0.1, -0.05) is 36.4 Å². The fourth-order valence-electron chi connectivity index (χ4n) is 2.22. The van der Waals surface area contributed by atoms with Gasteiger partial charge in [0.25, 0.3) is 0 Å². The van der Waals surface area contributed by atoms with Gasteiger partial charge in [-0.05, 0) is 17.5 Å². The van der Waals surface area contributed by atoms with Crippen molar-refractivity contribution in [3.05, 3.63) is 66.3 Å². The number of nitrogens with zero attached hydrogens (tertiary/aromatic N) is 3. The summed E-state index contributed by atoms with van der Waals surface area (Å²) in [6.07, 6.45) is 1.91. The van der Waals surface area contributed by atoms with Crippen LogP contribution in [0.5, 0.6) is 0 Å². The number of hydrogen-bond donors (Lipinski definition) is 0. The number of fused-ring (bicyclic) bond motifs is 1. The Morgan fingerprint density at radius 2 is 1.86 bits per heavy atom. The maximum atomic E-state index is 8.21. The molecule has 4 heteroatoms. The fourth-order valence-corrected chi connectivity index (χ4v) is 2.94. The van der Waals surface area contributed by atoms with E-state index in [0.29, 0.717) is 11.2 Å². The molecule has 0 unspecified atom stereocenters. The normalized spacial score (nSPS) is 11.5. The minimum atomic E-state index is 0.171. The number of benzene rings is 1. The second-order valence-corrected chi connectivity index (χ2v) is 5.50. The van der Waals surface area contributed by atoms with Crippen LogP contribution < -0.4 is 0 Å². The molecule has 0 aliphatic heterocycles. The quantitative estimate of drug-likeness (QED) is 0.548. The summed E-state index contributed by atoms with van der Waals surface area (Å²) >= 11 is 1.61. The Balaban J connectivity index is 1.97. The lowest BCUT2D eigenvalue weighted by Crippen LogP contribution is -1.92. The number of pyridine rings is 1. The molecule has 21 heavy (non-hydrogen) atoms. The summed E-state index contributed by atoms with van der Waals surface area (Å²) in [5, 5.41) is 2.00. The van der Waals surface area contributed by atoms with Crippen LogP contribution in [0.3, 0.4) is 0 Å². The molecule has 1 aromatic carbocycles. The van der Waals surface area contributed by atoms with Crippen molar-refractivity contribution >= 4 is 22.4 Å². The van der Waals surface area contributed by atoms with E-state index < -0.39 is 0 Å². The van der Waals surface area contributed by atoms with Crippen molar-refractivity contribution < 1.29 is 1.37 Å². The average Bonchev–Trinajstić information content (AvgIpc) is 3.09. The standard InChI is InChI=1S/C17H11N3S/c1-2-5-12(6-3-1)14-11-19-16-13(20-14)8-9-18-17(16)15-7-4-10-21-15/h1-11H/i11D. The maximum absolute atomic E-state index is 8.21. The monoisotopic (exact) mass is 290 g/mol. The molecule has 0 amide bonds. The second-order valence-electron chi connectivity index (χ2n) is 4.55. The van der Waals surface area contributed by atoms with Gasteiger partial charge in [-0.15, -0.1) is 11.3 Å². The predicted octanol–water partition coefficient (Wildman–Crippen LogP) is 4.42. The highest BCUT2D eigenvalue weighted by atomic mass is 32.1. The maximum Gasteiger partial charge on any atom is 0.116 e. The highest BCUT2D eigenvalue weighted by Gasteiger charge is 2.09. The van der Waals surface area contributed by atoms with E-state index in [1.807, 2.05) is 53.9 Å². The molecule has 100 valence electrons. The molecule has 0 aliphatic carbocycles. The SMILES string of the molecule is [2H]c1nc2c(-c3cccs3)nccc2nc1-c1ccccc1. The predicted molar refractivity (Wildman–Crippen MR) is 86.1 cm³/mol. The van der Waals surface area contributed by atoms with Gasteiger partial charge in [0, 0.05) is 11.8 Å². The van der Waals surface area contributed by atoms with Gasteiger partial charge >= 0.3 is 0 Å². The molecule has 0 aliphatic rings. The third-order valence-corrected chi connectivity index (χ3v) is 4.09. The zero-order valence-corrected chi connectivity index (χ0v) is 11.8. The highest BCUT2D eigenvalue weighted by Crippen LogP contribution is 2.28. The van der Waals surface area contributed by atoms with Gasteiger partial charge in [-0.2, -0.15) is 0 Å². The molecule has 0 fully saturated rings. The molecule has 0 radical (unpaired) electrons. The molecule has 0 atom stereocenters. The molecule has 0 saturated carbocycles. The van der Waals surface area contributed by atoms with Gasteiger partial charge < -0.3 is 0 Å². The highest BCUT2D eigenvalue weighted by molar-refractivity contribution is 7.13. The number of rotatable bonds is 2. The molecule has 3 heterocycles. The summed E-state index contributed by atoms with van der Waals surface area (Å²) in [6.45, 7) is 0. The average molecular weight is 290 g/mol. The van der Waals surface area contributed by atoms with Crippen molar-refractivity contribution in [1.29, 1.82) is 0 Å². The molecule has 0 saturated heterocycles. The molecule has 0 N–H and O–H groups in total. The summed E-state index contributed by atoms with van der Waals surface area (Å²) < 4.78 is 8.21. The van der Waals surface area contributed by atoms with Crippen molar-refractivity contribution in [2.24, 2.45) is 0 Å². The number of thiophene rings is 1. The van der Waals surface area contributed by atoms with Crippen LogP contribution in [0.1, 0.15) is 1.37 Å². The molecular formula is C17H11N3S. The Hall–Kier alpha value is -2.59. The summed E-state index contributed by atoms with van der Waals surface area (Å²) in [5.41, 5.74) is 3.71. The summed E-state index contributed by atoms with van der Waals surface area (Å²) in [4.78, 5) is 14.5. The topological polar surface area (TPSA) is 38.7 Å². The lowest BCUT2D eigenvalue weighted by molar-refractivity contribution is 1.25. The van der Waals surface area contributed by atoms with Crippen LogP contribution in [-0.4, -0.2) is 15.0 Å². The van der Waals surface area contributed by atoms with Crippen LogP contribution >= 0.6 is 11.3 Å². The van der Waals surface area contributed by atoms with E-state index in [0.717, 1.165) is 21.7 Å². The van der Waals surface area contributed by atoms with Gasteiger partial charge in [0.05, 0.1) is 23.6 Å². The van der Waals surface area contributed by atoms with Crippen LogP contribution in [0.4, 0.5) is 0 Å². The Kier molecular flexibility index (Phi) is 2.68. The third-order valence-electron chi connectivity index (χ3n) is 3.21. The van der Waals surface area contributed by atoms with Crippen LogP contribution in [0, 0.1) is 0 Å². The molecular weight excluding hydrogens is 278 g/mol. The zero-order valence-electron chi connectivity index (χ0n) is 12.0. The molecule has 0 bridgehead atoms. The summed E-state index contributed by atoms with van der Waals surface area (Å²) in [5.74, 6) is 0. The van der Waals surface area contributed by atoms with E-state index in [9.17, 15) is 0 Å². The lowest BCUT2D eigenvalue weighted by Gasteiger charge is -2.05. The molecule has 4 aromatic rings. The first-order chi connectivity index (χ1) is 10.8. The third kappa shape index (κ3) is 2.19. The van der Waals surface area contributed by atoms with Crippen LogP contribution in [0.2, 0.25) is 0 Å². The van der Waals surface area contributed by atoms with Gasteiger partial charge in [-0.3, -0.25) is 4.98 Å². The Labute approximate surface area is 127 Å². The van der Waals surface area contributed by atoms with Crippen molar-refractivity contribution in [1.82, 2.24) is 15.0 Å². The Morgan fingerprint density at radius 1 is 0.952 bits per heavy atom. The van der Waals surface area contributed by atoms with Crippen molar-refractivity contribution in [3.8, 4) is 21.8 Å². The summed E-state index contributed by atoms with van der Waals surface area (Å²) in [7, 11) is 0. The van der Waals surface area contributed by atoms with Crippen LogP contribution in [0.15, 0.2) is 66.3 Å². The van der Waals surface area contributed by atoms with Gasteiger partial charge in [0.2, 0.25) is 0 Å².